The molecular formula is C14H17N3O2. The lowest BCUT2D eigenvalue weighted by atomic mass is 10.1. The third kappa shape index (κ3) is 2.67. The van der Waals surface area contributed by atoms with E-state index in [1.54, 1.807) is 0 Å². The number of aliphatic hydroxyl groups is 1. The van der Waals surface area contributed by atoms with Crippen LogP contribution in [0.1, 0.15) is 18.5 Å². The predicted octanol–water partition coefficient (Wildman–Crippen LogP) is 0.880. The lowest BCUT2D eigenvalue weighted by molar-refractivity contribution is 0.0660. The van der Waals surface area contributed by atoms with E-state index in [1.807, 2.05) is 24.3 Å². The van der Waals surface area contributed by atoms with Gasteiger partial charge < -0.3 is 10.1 Å². The van der Waals surface area contributed by atoms with E-state index in [2.05, 4.69) is 14.9 Å². The summed E-state index contributed by atoms with van der Waals surface area (Å²) in [7, 11) is 0. The Morgan fingerprint density at radius 2 is 2.26 bits per heavy atom. The molecule has 2 aromatic rings. The zero-order chi connectivity index (χ0) is 13.2. The molecule has 0 saturated carbocycles. The van der Waals surface area contributed by atoms with Crippen molar-refractivity contribution in [3.63, 3.8) is 0 Å². The smallest absolute Gasteiger partial charge is 0.271 e. The molecule has 0 spiro atoms. The SMILES string of the molecule is O=c1[nH]c2ccccc2nc1CN1CCC[C@H](O)C1. The summed E-state index contributed by atoms with van der Waals surface area (Å²) in [6.45, 7) is 2.02. The Morgan fingerprint density at radius 1 is 1.42 bits per heavy atom. The molecule has 2 heterocycles. The van der Waals surface area contributed by atoms with Crippen LogP contribution in [0.5, 0.6) is 0 Å². The van der Waals surface area contributed by atoms with Crippen LogP contribution < -0.4 is 5.56 Å². The maximum atomic E-state index is 12.0. The number of para-hydroxylation sites is 2. The summed E-state index contributed by atoms with van der Waals surface area (Å²) in [5.74, 6) is 0. The van der Waals surface area contributed by atoms with E-state index in [4.69, 9.17) is 0 Å². The number of nitrogens with zero attached hydrogens (tertiary/aromatic N) is 2. The fraction of sp³-hybridized carbons (Fsp3) is 0.429. The fourth-order valence-corrected chi connectivity index (χ4v) is 2.56. The maximum Gasteiger partial charge on any atom is 0.271 e. The number of likely N-dealkylation sites (tertiary alicyclic amines) is 1. The Morgan fingerprint density at radius 3 is 3.11 bits per heavy atom. The highest BCUT2D eigenvalue weighted by atomic mass is 16.3. The van der Waals surface area contributed by atoms with Gasteiger partial charge in [0.25, 0.3) is 5.56 Å². The average molecular weight is 259 g/mol. The number of benzene rings is 1. The van der Waals surface area contributed by atoms with Crippen molar-refractivity contribution in [2.45, 2.75) is 25.5 Å². The summed E-state index contributed by atoms with van der Waals surface area (Å²) >= 11 is 0. The van der Waals surface area contributed by atoms with Gasteiger partial charge >= 0.3 is 0 Å². The summed E-state index contributed by atoms with van der Waals surface area (Å²) in [4.78, 5) is 21.3. The molecule has 100 valence electrons. The first-order valence-electron chi connectivity index (χ1n) is 6.61. The number of β-amino-alcohol motifs (C(OH)–C–C–N with tert-alkyl or cyclic N) is 1. The van der Waals surface area contributed by atoms with Crippen molar-refractivity contribution >= 4 is 11.0 Å². The van der Waals surface area contributed by atoms with Crippen LogP contribution in [0.3, 0.4) is 0 Å². The average Bonchev–Trinajstić information content (AvgIpc) is 2.40. The van der Waals surface area contributed by atoms with E-state index >= 15 is 0 Å². The van der Waals surface area contributed by atoms with Gasteiger partial charge in [-0.2, -0.15) is 0 Å². The van der Waals surface area contributed by atoms with Gasteiger partial charge in [-0.15, -0.1) is 0 Å². The minimum atomic E-state index is -0.284. The van der Waals surface area contributed by atoms with Crippen LogP contribution in [-0.2, 0) is 6.54 Å². The van der Waals surface area contributed by atoms with Crippen molar-refractivity contribution in [2.24, 2.45) is 0 Å². The monoisotopic (exact) mass is 259 g/mol. The van der Waals surface area contributed by atoms with Gasteiger partial charge in [-0.1, -0.05) is 12.1 Å². The van der Waals surface area contributed by atoms with Crippen LogP contribution in [-0.4, -0.2) is 39.2 Å². The number of hydrogen-bond acceptors (Lipinski definition) is 4. The molecule has 1 saturated heterocycles. The van der Waals surface area contributed by atoms with Gasteiger partial charge in [0.05, 0.1) is 17.1 Å². The molecule has 1 aliphatic heterocycles. The molecule has 0 radical (unpaired) electrons. The molecule has 19 heavy (non-hydrogen) atoms. The molecule has 0 unspecified atom stereocenters. The summed E-state index contributed by atoms with van der Waals surface area (Å²) in [5, 5.41) is 9.65. The van der Waals surface area contributed by atoms with Gasteiger partial charge in [-0.05, 0) is 31.5 Å². The van der Waals surface area contributed by atoms with E-state index < -0.39 is 0 Å². The lowest BCUT2D eigenvalue weighted by Crippen LogP contribution is -2.39. The summed E-state index contributed by atoms with van der Waals surface area (Å²) in [6.07, 6.45) is 1.53. The molecule has 0 amide bonds. The lowest BCUT2D eigenvalue weighted by Gasteiger charge is -2.29. The Hall–Kier alpha value is -1.72. The van der Waals surface area contributed by atoms with Crippen molar-refractivity contribution in [3.8, 4) is 0 Å². The van der Waals surface area contributed by atoms with Crippen molar-refractivity contribution in [1.82, 2.24) is 14.9 Å². The Bertz CT molecular complexity index is 638. The van der Waals surface area contributed by atoms with E-state index in [1.165, 1.54) is 0 Å². The van der Waals surface area contributed by atoms with Gasteiger partial charge in [0.15, 0.2) is 0 Å². The highest BCUT2D eigenvalue weighted by Gasteiger charge is 2.19. The number of aromatic amines is 1. The van der Waals surface area contributed by atoms with Crippen molar-refractivity contribution in [3.05, 3.63) is 40.3 Å². The second-order valence-electron chi connectivity index (χ2n) is 5.06. The van der Waals surface area contributed by atoms with Crippen molar-refractivity contribution < 1.29 is 5.11 Å². The van der Waals surface area contributed by atoms with Crippen LogP contribution in [0, 0.1) is 0 Å². The number of piperidine rings is 1. The molecule has 1 atom stereocenters. The molecule has 1 aromatic carbocycles. The third-order valence-corrected chi connectivity index (χ3v) is 3.52. The molecule has 1 aliphatic rings. The first kappa shape index (κ1) is 12.3. The number of aliphatic hydroxyl groups excluding tert-OH is 1. The van der Waals surface area contributed by atoms with Gasteiger partial charge in [0, 0.05) is 13.1 Å². The quantitative estimate of drug-likeness (QED) is 0.840. The molecule has 0 bridgehead atoms. The molecule has 0 aliphatic carbocycles. The van der Waals surface area contributed by atoms with Crippen molar-refractivity contribution in [1.29, 1.82) is 0 Å². The number of H-pyrrole nitrogens is 1. The van der Waals surface area contributed by atoms with Crippen molar-refractivity contribution in [2.75, 3.05) is 13.1 Å². The Labute approximate surface area is 110 Å². The molecule has 3 rings (SSSR count). The first-order valence-corrected chi connectivity index (χ1v) is 6.61. The zero-order valence-corrected chi connectivity index (χ0v) is 10.7. The number of fused-ring (bicyclic) bond motifs is 1. The van der Waals surface area contributed by atoms with Crippen LogP contribution in [0.15, 0.2) is 29.1 Å². The van der Waals surface area contributed by atoms with Gasteiger partial charge in [-0.25, -0.2) is 4.98 Å². The minimum Gasteiger partial charge on any atom is -0.392 e. The van der Waals surface area contributed by atoms with Crippen LogP contribution in [0.4, 0.5) is 0 Å². The van der Waals surface area contributed by atoms with E-state index in [0.717, 1.165) is 30.4 Å². The van der Waals surface area contributed by atoms with Gasteiger partial charge in [0.1, 0.15) is 5.69 Å². The number of rotatable bonds is 2. The second-order valence-corrected chi connectivity index (χ2v) is 5.06. The maximum absolute atomic E-state index is 12.0. The van der Waals surface area contributed by atoms with Crippen LogP contribution >= 0.6 is 0 Å². The van der Waals surface area contributed by atoms with Gasteiger partial charge in [-0.3, -0.25) is 9.69 Å². The summed E-state index contributed by atoms with van der Waals surface area (Å²) in [5.41, 5.74) is 1.94. The standard InChI is InChI=1S/C14H17N3O2/c18-10-4-3-7-17(8-10)9-13-14(19)16-12-6-2-1-5-11(12)15-13/h1-2,5-6,10,18H,3-4,7-9H2,(H,16,19)/t10-/m0/s1. The highest BCUT2D eigenvalue weighted by Crippen LogP contribution is 2.12. The van der Waals surface area contributed by atoms with Crippen LogP contribution in [0.25, 0.3) is 11.0 Å². The highest BCUT2D eigenvalue weighted by molar-refractivity contribution is 5.73. The molecule has 2 N–H and O–H groups in total. The summed E-state index contributed by atoms with van der Waals surface area (Å²) < 4.78 is 0. The number of nitrogens with one attached hydrogen (secondary N) is 1. The van der Waals surface area contributed by atoms with Crippen LogP contribution in [0.2, 0.25) is 0 Å². The largest absolute Gasteiger partial charge is 0.392 e. The Kier molecular flexibility index (Phi) is 3.31. The minimum absolute atomic E-state index is 0.140. The Balaban J connectivity index is 1.88. The first-order chi connectivity index (χ1) is 9.22. The van der Waals surface area contributed by atoms with E-state index in [0.29, 0.717) is 18.8 Å². The molecule has 1 aromatic heterocycles. The molecular weight excluding hydrogens is 242 g/mol. The van der Waals surface area contributed by atoms with Gasteiger partial charge in [0.2, 0.25) is 0 Å². The number of aromatic nitrogens is 2. The molecule has 5 heteroatoms. The second kappa shape index (κ2) is 5.11. The fourth-order valence-electron chi connectivity index (χ4n) is 2.56. The van der Waals surface area contributed by atoms with E-state index in [-0.39, 0.29) is 11.7 Å². The third-order valence-electron chi connectivity index (χ3n) is 3.52. The topological polar surface area (TPSA) is 69.2 Å². The summed E-state index contributed by atoms with van der Waals surface area (Å²) in [6, 6.07) is 7.51. The number of hydrogen-bond donors (Lipinski definition) is 2. The molecule has 5 nitrogen and oxygen atoms in total. The predicted molar refractivity (Wildman–Crippen MR) is 72.9 cm³/mol. The zero-order valence-electron chi connectivity index (χ0n) is 10.7. The van der Waals surface area contributed by atoms with E-state index in [9.17, 15) is 9.90 Å². The molecule has 1 fully saturated rings. The normalized spacial score (nSPS) is 20.8.